The molecule has 0 aliphatic carbocycles. The molecule has 0 amide bonds. The summed E-state index contributed by atoms with van der Waals surface area (Å²) in [7, 11) is 0. The molecule has 0 saturated heterocycles. The lowest BCUT2D eigenvalue weighted by atomic mass is 9.91. The van der Waals surface area contributed by atoms with E-state index in [1.165, 1.54) is 12.1 Å². The Kier molecular flexibility index (Phi) is 3.67. The van der Waals surface area contributed by atoms with E-state index in [1.54, 1.807) is 16.8 Å². The van der Waals surface area contributed by atoms with Crippen LogP contribution in [0.2, 0.25) is 0 Å². The number of benzene rings is 1. The van der Waals surface area contributed by atoms with Crippen LogP contribution < -0.4 is 5.73 Å². The summed E-state index contributed by atoms with van der Waals surface area (Å²) in [4.78, 5) is 0. The van der Waals surface area contributed by atoms with Crippen molar-refractivity contribution < 1.29 is 4.39 Å². The fraction of sp³-hybridized carbons (Fsp3) is 0.357. The highest BCUT2D eigenvalue weighted by Crippen LogP contribution is 2.31. The predicted octanol–water partition coefficient (Wildman–Crippen LogP) is 3.94. The highest BCUT2D eigenvalue weighted by Gasteiger charge is 2.20. The molecule has 0 atom stereocenters. The van der Waals surface area contributed by atoms with Gasteiger partial charge in [-0.3, -0.25) is 0 Å². The molecule has 0 fully saturated rings. The van der Waals surface area contributed by atoms with Gasteiger partial charge in [-0.05, 0) is 52.0 Å². The second-order valence-electron chi connectivity index (χ2n) is 5.77. The number of halogens is 2. The summed E-state index contributed by atoms with van der Waals surface area (Å²) < 4.78 is 15.4. The van der Waals surface area contributed by atoms with E-state index in [4.69, 9.17) is 5.73 Å². The highest BCUT2D eigenvalue weighted by molar-refractivity contribution is 9.10. The maximum absolute atomic E-state index is 12.9. The average Bonchev–Trinajstić information content (AvgIpc) is 2.57. The minimum absolute atomic E-state index is 0.122. The Bertz CT molecular complexity index is 582. The van der Waals surface area contributed by atoms with Gasteiger partial charge in [-0.2, -0.15) is 5.10 Å². The van der Waals surface area contributed by atoms with Crippen LogP contribution in [0.25, 0.3) is 5.69 Å². The number of hydrogen-bond donors (Lipinski definition) is 1. The number of rotatable bonds is 2. The van der Waals surface area contributed by atoms with E-state index >= 15 is 0 Å². The molecule has 0 radical (unpaired) electrons. The van der Waals surface area contributed by atoms with Gasteiger partial charge in [-0.25, -0.2) is 9.07 Å². The van der Waals surface area contributed by atoms with Crippen LogP contribution in [-0.4, -0.2) is 9.78 Å². The Morgan fingerprint density at radius 3 is 2.37 bits per heavy atom. The molecule has 0 bridgehead atoms. The Balaban J connectivity index is 2.43. The molecule has 2 N–H and O–H groups in total. The molecule has 0 unspecified atom stereocenters. The van der Waals surface area contributed by atoms with Crippen molar-refractivity contribution in [3.05, 3.63) is 40.2 Å². The summed E-state index contributed by atoms with van der Waals surface area (Å²) in [5, 5.41) is 4.52. The molecule has 0 aliphatic rings. The van der Waals surface area contributed by atoms with Crippen LogP contribution in [0.3, 0.4) is 0 Å². The largest absolute Gasteiger partial charge is 0.383 e. The fourth-order valence-corrected chi connectivity index (χ4v) is 2.24. The van der Waals surface area contributed by atoms with E-state index in [9.17, 15) is 4.39 Å². The minimum Gasteiger partial charge on any atom is -0.383 e. The Hall–Kier alpha value is -1.36. The molecule has 2 aromatic rings. The molecule has 3 nitrogen and oxygen atoms in total. The third kappa shape index (κ3) is 3.15. The molecular formula is C14H17BrFN3. The molecule has 0 spiro atoms. The molecule has 19 heavy (non-hydrogen) atoms. The quantitative estimate of drug-likeness (QED) is 0.908. The third-order valence-corrected chi connectivity index (χ3v) is 3.56. The average molecular weight is 326 g/mol. The van der Waals surface area contributed by atoms with Crippen molar-refractivity contribution in [1.29, 1.82) is 0 Å². The van der Waals surface area contributed by atoms with Crippen LogP contribution in [0.15, 0.2) is 28.7 Å². The Morgan fingerprint density at radius 1 is 1.26 bits per heavy atom. The summed E-state index contributed by atoms with van der Waals surface area (Å²) in [6, 6.07) is 6.11. The highest BCUT2D eigenvalue weighted by atomic mass is 79.9. The zero-order valence-electron chi connectivity index (χ0n) is 11.2. The van der Waals surface area contributed by atoms with Crippen LogP contribution in [0.4, 0.5) is 10.2 Å². The van der Waals surface area contributed by atoms with Crippen LogP contribution in [0, 0.1) is 11.2 Å². The lowest BCUT2D eigenvalue weighted by Crippen LogP contribution is -2.10. The normalized spacial score (nSPS) is 11.8. The van der Waals surface area contributed by atoms with Crippen LogP contribution >= 0.6 is 15.9 Å². The second kappa shape index (κ2) is 4.96. The van der Waals surface area contributed by atoms with Crippen molar-refractivity contribution >= 4 is 21.7 Å². The van der Waals surface area contributed by atoms with Crippen molar-refractivity contribution in [3.8, 4) is 5.69 Å². The van der Waals surface area contributed by atoms with Gasteiger partial charge in [0.1, 0.15) is 11.6 Å². The fourth-order valence-electron chi connectivity index (χ4n) is 1.85. The first-order chi connectivity index (χ1) is 8.78. The monoisotopic (exact) mass is 325 g/mol. The van der Waals surface area contributed by atoms with Crippen LogP contribution in [-0.2, 0) is 6.42 Å². The molecule has 1 heterocycles. The van der Waals surface area contributed by atoms with Crippen molar-refractivity contribution in [2.45, 2.75) is 27.2 Å². The molecule has 2 rings (SSSR count). The zero-order valence-corrected chi connectivity index (χ0v) is 12.8. The predicted molar refractivity (Wildman–Crippen MR) is 78.8 cm³/mol. The summed E-state index contributed by atoms with van der Waals surface area (Å²) in [6.07, 6.45) is 0.811. The van der Waals surface area contributed by atoms with Gasteiger partial charge in [-0.1, -0.05) is 20.8 Å². The van der Waals surface area contributed by atoms with Gasteiger partial charge in [-0.15, -0.1) is 0 Å². The first-order valence-electron chi connectivity index (χ1n) is 6.07. The van der Waals surface area contributed by atoms with Gasteiger partial charge >= 0.3 is 0 Å². The molecule has 102 valence electrons. The molecular weight excluding hydrogens is 309 g/mol. The maximum atomic E-state index is 12.9. The standard InChI is InChI=1S/C14H17BrFN3/c1-14(2,3)8-11-12(15)13(17)19(18-11)10-6-4-9(16)5-7-10/h4-7H,8,17H2,1-3H3. The van der Waals surface area contributed by atoms with Crippen molar-refractivity contribution in [2.24, 2.45) is 5.41 Å². The maximum Gasteiger partial charge on any atom is 0.141 e. The van der Waals surface area contributed by atoms with Crippen LogP contribution in [0.5, 0.6) is 0 Å². The number of nitrogens with two attached hydrogens (primary N) is 1. The van der Waals surface area contributed by atoms with E-state index in [0.717, 1.165) is 22.3 Å². The molecule has 1 aromatic heterocycles. The van der Waals surface area contributed by atoms with Gasteiger partial charge < -0.3 is 5.73 Å². The Morgan fingerprint density at radius 2 is 1.84 bits per heavy atom. The van der Waals surface area contributed by atoms with E-state index in [2.05, 4.69) is 41.8 Å². The lowest BCUT2D eigenvalue weighted by Gasteiger charge is -2.16. The number of anilines is 1. The van der Waals surface area contributed by atoms with Gasteiger partial charge in [0.05, 0.1) is 15.9 Å². The van der Waals surface area contributed by atoms with Gasteiger partial charge in [0.25, 0.3) is 0 Å². The molecule has 1 aromatic carbocycles. The Labute approximate surface area is 120 Å². The summed E-state index contributed by atoms with van der Waals surface area (Å²) in [5.74, 6) is 0.259. The first-order valence-corrected chi connectivity index (χ1v) is 6.86. The van der Waals surface area contributed by atoms with Gasteiger partial charge in [0.15, 0.2) is 0 Å². The summed E-state index contributed by atoms with van der Waals surface area (Å²) >= 11 is 3.48. The lowest BCUT2D eigenvalue weighted by molar-refractivity contribution is 0.404. The van der Waals surface area contributed by atoms with E-state index in [1.807, 2.05) is 0 Å². The van der Waals surface area contributed by atoms with E-state index < -0.39 is 0 Å². The smallest absolute Gasteiger partial charge is 0.141 e. The number of nitrogens with zero attached hydrogens (tertiary/aromatic N) is 2. The number of aromatic nitrogens is 2. The second-order valence-corrected chi connectivity index (χ2v) is 6.56. The number of hydrogen-bond acceptors (Lipinski definition) is 2. The van der Waals surface area contributed by atoms with Crippen LogP contribution in [0.1, 0.15) is 26.5 Å². The zero-order chi connectivity index (χ0) is 14.2. The van der Waals surface area contributed by atoms with Gasteiger partial charge in [0.2, 0.25) is 0 Å². The topological polar surface area (TPSA) is 43.8 Å². The van der Waals surface area contributed by atoms with Crippen molar-refractivity contribution in [3.63, 3.8) is 0 Å². The summed E-state index contributed by atoms with van der Waals surface area (Å²) in [5.41, 5.74) is 7.84. The first kappa shape index (κ1) is 14.1. The SMILES string of the molecule is CC(C)(C)Cc1nn(-c2ccc(F)cc2)c(N)c1Br. The van der Waals surface area contributed by atoms with E-state index in [0.29, 0.717) is 5.82 Å². The third-order valence-electron chi connectivity index (χ3n) is 2.70. The van der Waals surface area contributed by atoms with E-state index in [-0.39, 0.29) is 11.2 Å². The van der Waals surface area contributed by atoms with Crippen molar-refractivity contribution in [2.75, 3.05) is 5.73 Å². The minimum atomic E-state index is -0.275. The van der Waals surface area contributed by atoms with Gasteiger partial charge in [0, 0.05) is 0 Å². The summed E-state index contributed by atoms with van der Waals surface area (Å²) in [6.45, 7) is 6.44. The molecule has 0 saturated carbocycles. The van der Waals surface area contributed by atoms with Crippen molar-refractivity contribution in [1.82, 2.24) is 9.78 Å². The molecule has 5 heteroatoms. The molecule has 0 aliphatic heterocycles. The number of nitrogen functional groups attached to an aromatic ring is 1.